The van der Waals surface area contributed by atoms with Gasteiger partial charge in [-0.25, -0.2) is 9.37 Å². The molecule has 4 nitrogen and oxygen atoms in total. The van der Waals surface area contributed by atoms with Crippen molar-refractivity contribution in [1.82, 2.24) is 9.55 Å². The summed E-state index contributed by atoms with van der Waals surface area (Å²) in [6, 6.07) is 6.61. The van der Waals surface area contributed by atoms with Gasteiger partial charge in [0.1, 0.15) is 10.6 Å². The molecule has 6 heteroatoms. The Morgan fingerprint density at radius 1 is 1.29 bits per heavy atom. The van der Waals surface area contributed by atoms with E-state index in [2.05, 4.69) is 10.3 Å². The normalized spacial score (nSPS) is 13.9. The average molecular weight is 343 g/mol. The maximum atomic E-state index is 13.8. The molecule has 0 saturated carbocycles. The third-order valence-corrected chi connectivity index (χ3v) is 5.78. The van der Waals surface area contributed by atoms with Gasteiger partial charge in [-0.15, -0.1) is 11.3 Å². The summed E-state index contributed by atoms with van der Waals surface area (Å²) < 4.78 is 15.3. The van der Waals surface area contributed by atoms with E-state index in [1.54, 1.807) is 36.6 Å². The highest BCUT2D eigenvalue weighted by Gasteiger charge is 2.21. The highest BCUT2D eigenvalue weighted by molar-refractivity contribution is 7.18. The molecule has 0 spiro atoms. The number of thiophene rings is 1. The van der Waals surface area contributed by atoms with Gasteiger partial charge in [0.15, 0.2) is 0 Å². The van der Waals surface area contributed by atoms with Crippen LogP contribution in [0.4, 0.5) is 10.3 Å². The topological polar surface area (TPSA) is 46.9 Å². The molecule has 1 aliphatic rings. The van der Waals surface area contributed by atoms with Gasteiger partial charge in [-0.2, -0.15) is 0 Å². The predicted molar refractivity (Wildman–Crippen MR) is 95.2 cm³/mol. The first-order chi connectivity index (χ1) is 11.6. The first-order valence-corrected chi connectivity index (χ1v) is 8.95. The maximum Gasteiger partial charge on any atom is 0.263 e. The van der Waals surface area contributed by atoms with E-state index in [1.165, 1.54) is 27.5 Å². The summed E-state index contributed by atoms with van der Waals surface area (Å²) in [5.41, 5.74) is 1.72. The molecule has 4 rings (SSSR count). The van der Waals surface area contributed by atoms with E-state index in [4.69, 9.17) is 0 Å². The number of anilines is 1. The van der Waals surface area contributed by atoms with Crippen LogP contribution in [0, 0.1) is 5.82 Å². The van der Waals surface area contributed by atoms with Gasteiger partial charge >= 0.3 is 0 Å². The van der Waals surface area contributed by atoms with E-state index in [0.717, 1.165) is 29.5 Å². The molecule has 2 aromatic heterocycles. The van der Waals surface area contributed by atoms with Crippen LogP contribution >= 0.6 is 11.3 Å². The third-order valence-electron chi connectivity index (χ3n) is 4.59. The Labute approximate surface area is 143 Å². The lowest BCUT2D eigenvalue weighted by Gasteiger charge is -2.12. The molecule has 3 aromatic rings. The van der Waals surface area contributed by atoms with Crippen LogP contribution in [0.5, 0.6) is 0 Å². The Kier molecular flexibility index (Phi) is 3.84. The average Bonchev–Trinajstić information content (AvgIpc) is 2.96. The Morgan fingerprint density at radius 3 is 2.92 bits per heavy atom. The number of nitrogens with one attached hydrogen (secondary N) is 1. The quantitative estimate of drug-likeness (QED) is 0.790. The second-order valence-electron chi connectivity index (χ2n) is 6.14. The molecule has 124 valence electrons. The first kappa shape index (κ1) is 15.3. The zero-order chi connectivity index (χ0) is 16.7. The summed E-state index contributed by atoms with van der Waals surface area (Å²) in [7, 11) is 1.71. The number of nitrogens with zero attached hydrogens (tertiary/aromatic N) is 2. The lowest BCUT2D eigenvalue weighted by atomic mass is 9.97. The number of hydrogen-bond donors (Lipinski definition) is 1. The van der Waals surface area contributed by atoms with Crippen molar-refractivity contribution < 1.29 is 4.39 Å². The molecule has 24 heavy (non-hydrogen) atoms. The fraction of sp³-hybridized carbons (Fsp3) is 0.333. The van der Waals surface area contributed by atoms with E-state index >= 15 is 0 Å². The van der Waals surface area contributed by atoms with Crippen molar-refractivity contribution in [3.05, 3.63) is 56.4 Å². The van der Waals surface area contributed by atoms with Gasteiger partial charge in [0, 0.05) is 24.0 Å². The highest BCUT2D eigenvalue weighted by Crippen LogP contribution is 2.34. The minimum Gasteiger partial charge on any atom is -0.351 e. The van der Waals surface area contributed by atoms with Crippen molar-refractivity contribution in [2.45, 2.75) is 32.2 Å². The highest BCUT2D eigenvalue weighted by atomic mass is 32.1. The molecule has 0 amide bonds. The molecule has 1 aromatic carbocycles. The maximum absolute atomic E-state index is 13.8. The van der Waals surface area contributed by atoms with Crippen LogP contribution in [-0.2, 0) is 26.4 Å². The molecule has 0 atom stereocenters. The molecule has 1 N–H and O–H groups in total. The number of rotatable bonds is 3. The lowest BCUT2D eigenvalue weighted by molar-refractivity contribution is 0.612. The summed E-state index contributed by atoms with van der Waals surface area (Å²) in [5.74, 6) is 0.219. The SMILES string of the molecule is Cn1c(NCc2ccccc2F)nc2sc3c(c2c1=O)CCCC3. The van der Waals surface area contributed by atoms with Crippen LogP contribution in [0.15, 0.2) is 29.1 Å². The minimum absolute atomic E-state index is 0.0181. The Morgan fingerprint density at radius 2 is 2.08 bits per heavy atom. The number of halogens is 1. The van der Waals surface area contributed by atoms with Crippen molar-refractivity contribution in [3.63, 3.8) is 0 Å². The molecule has 0 aliphatic heterocycles. The van der Waals surface area contributed by atoms with E-state index in [1.807, 2.05) is 0 Å². The monoisotopic (exact) mass is 343 g/mol. The Bertz CT molecular complexity index is 976. The fourth-order valence-electron chi connectivity index (χ4n) is 3.26. The summed E-state index contributed by atoms with van der Waals surface area (Å²) in [4.78, 5) is 19.5. The smallest absolute Gasteiger partial charge is 0.263 e. The first-order valence-electron chi connectivity index (χ1n) is 8.13. The van der Waals surface area contributed by atoms with Gasteiger partial charge in [0.2, 0.25) is 5.95 Å². The van der Waals surface area contributed by atoms with Gasteiger partial charge < -0.3 is 5.32 Å². The molecule has 0 bridgehead atoms. The number of aryl methyl sites for hydroxylation is 2. The number of benzene rings is 1. The summed E-state index contributed by atoms with van der Waals surface area (Å²) in [5, 5.41) is 3.87. The number of fused-ring (bicyclic) bond motifs is 3. The second-order valence-corrected chi connectivity index (χ2v) is 7.22. The van der Waals surface area contributed by atoms with Crippen molar-refractivity contribution in [1.29, 1.82) is 0 Å². The minimum atomic E-state index is -0.261. The summed E-state index contributed by atoms with van der Waals surface area (Å²) in [6.45, 7) is 0.295. The Hall–Kier alpha value is -2.21. The fourth-order valence-corrected chi connectivity index (χ4v) is 4.51. The standard InChI is InChI=1S/C18H18FN3OS/c1-22-17(23)15-12-7-3-5-9-14(12)24-16(15)21-18(22)20-10-11-6-2-4-8-13(11)19/h2,4,6,8H,3,5,7,9-10H2,1H3,(H,20,21). The van der Waals surface area contributed by atoms with E-state index < -0.39 is 0 Å². The predicted octanol–water partition coefficient (Wildman–Crippen LogP) is 3.63. The molecule has 2 heterocycles. The van der Waals surface area contributed by atoms with Crippen LogP contribution in [-0.4, -0.2) is 9.55 Å². The second kappa shape index (κ2) is 6.02. The molecule has 0 unspecified atom stereocenters. The zero-order valence-corrected chi connectivity index (χ0v) is 14.3. The van der Waals surface area contributed by atoms with Gasteiger partial charge in [-0.3, -0.25) is 9.36 Å². The molecule has 1 aliphatic carbocycles. The summed E-state index contributed by atoms with van der Waals surface area (Å²) >= 11 is 1.62. The number of aromatic nitrogens is 2. The zero-order valence-electron chi connectivity index (χ0n) is 13.4. The van der Waals surface area contributed by atoms with Crippen molar-refractivity contribution in [3.8, 4) is 0 Å². The van der Waals surface area contributed by atoms with Crippen LogP contribution in [0.25, 0.3) is 10.2 Å². The Balaban J connectivity index is 1.73. The third kappa shape index (κ3) is 2.51. The van der Waals surface area contributed by atoms with E-state index in [-0.39, 0.29) is 11.4 Å². The van der Waals surface area contributed by atoms with Crippen LogP contribution in [0.3, 0.4) is 0 Å². The van der Waals surface area contributed by atoms with Gasteiger partial charge in [0.25, 0.3) is 5.56 Å². The van der Waals surface area contributed by atoms with Gasteiger partial charge in [-0.05, 0) is 37.3 Å². The van der Waals surface area contributed by atoms with Crippen LogP contribution in [0.2, 0.25) is 0 Å². The van der Waals surface area contributed by atoms with Crippen molar-refractivity contribution >= 4 is 27.5 Å². The molecule has 0 saturated heterocycles. The molecular formula is C18H18FN3OS. The van der Waals surface area contributed by atoms with Crippen LogP contribution in [0.1, 0.15) is 28.8 Å². The molecular weight excluding hydrogens is 325 g/mol. The largest absolute Gasteiger partial charge is 0.351 e. The molecule has 0 fully saturated rings. The van der Waals surface area contributed by atoms with Crippen molar-refractivity contribution in [2.75, 3.05) is 5.32 Å². The van der Waals surface area contributed by atoms with Gasteiger partial charge in [0.05, 0.1) is 5.39 Å². The van der Waals surface area contributed by atoms with E-state index in [9.17, 15) is 9.18 Å². The van der Waals surface area contributed by atoms with Gasteiger partial charge in [-0.1, -0.05) is 18.2 Å². The van der Waals surface area contributed by atoms with Crippen LogP contribution < -0.4 is 10.9 Å². The molecule has 0 radical (unpaired) electrons. The summed E-state index contributed by atoms with van der Waals surface area (Å²) in [6.07, 6.45) is 4.32. The number of hydrogen-bond acceptors (Lipinski definition) is 4. The van der Waals surface area contributed by atoms with E-state index in [0.29, 0.717) is 18.1 Å². The van der Waals surface area contributed by atoms with Crippen molar-refractivity contribution in [2.24, 2.45) is 7.05 Å². The lowest BCUT2D eigenvalue weighted by Crippen LogP contribution is -2.22.